The predicted octanol–water partition coefficient (Wildman–Crippen LogP) is 1.91. The lowest BCUT2D eigenvalue weighted by atomic mass is 9.73. The first-order valence-electron chi connectivity index (χ1n) is 5.49. The smallest absolute Gasteiger partial charge is 0.0937 e. The van der Waals surface area contributed by atoms with Crippen LogP contribution in [0, 0.1) is 5.41 Å². The molecule has 1 fully saturated rings. The largest absolute Gasteiger partial charge is 0.472 e. The Balaban J connectivity index is 2.25. The quantitative estimate of drug-likeness (QED) is 0.801. The molecule has 1 aliphatic carbocycles. The van der Waals surface area contributed by atoms with Crippen LogP contribution in [0.5, 0.6) is 0 Å². The van der Waals surface area contributed by atoms with Crippen molar-refractivity contribution in [2.45, 2.75) is 38.2 Å². The van der Waals surface area contributed by atoms with E-state index in [1.54, 1.807) is 12.5 Å². The van der Waals surface area contributed by atoms with Gasteiger partial charge in [-0.2, -0.15) is 0 Å². The Bertz CT molecular complexity index is 307. The standard InChI is InChI=1S/C12H18O3/c1-12(5-6-13)10(2-3-11(12)14)9-4-7-15-8-9/h4,7-8,10-11,13-14H,2-3,5-6H2,1H3/t10-,11+,12-/m1/s1. The summed E-state index contributed by atoms with van der Waals surface area (Å²) in [5, 5.41) is 19.1. The van der Waals surface area contributed by atoms with E-state index in [0.717, 1.165) is 18.4 Å². The zero-order valence-electron chi connectivity index (χ0n) is 9.02. The molecule has 0 spiro atoms. The van der Waals surface area contributed by atoms with Gasteiger partial charge in [0.1, 0.15) is 0 Å². The lowest BCUT2D eigenvalue weighted by molar-refractivity contribution is 0.0359. The monoisotopic (exact) mass is 210 g/mol. The molecule has 3 nitrogen and oxygen atoms in total. The summed E-state index contributed by atoms with van der Waals surface area (Å²) in [4.78, 5) is 0. The predicted molar refractivity (Wildman–Crippen MR) is 56.5 cm³/mol. The Morgan fingerprint density at radius 3 is 2.93 bits per heavy atom. The van der Waals surface area contributed by atoms with Crippen molar-refractivity contribution >= 4 is 0 Å². The Morgan fingerprint density at radius 2 is 2.33 bits per heavy atom. The van der Waals surface area contributed by atoms with E-state index in [-0.39, 0.29) is 18.1 Å². The topological polar surface area (TPSA) is 53.6 Å². The lowest BCUT2D eigenvalue weighted by Gasteiger charge is -2.33. The molecule has 2 rings (SSSR count). The fraction of sp³-hybridized carbons (Fsp3) is 0.667. The van der Waals surface area contributed by atoms with Crippen LogP contribution in [0.3, 0.4) is 0 Å². The first kappa shape index (κ1) is 10.7. The second kappa shape index (κ2) is 3.99. The van der Waals surface area contributed by atoms with Gasteiger partial charge in [-0.1, -0.05) is 6.92 Å². The number of aliphatic hydroxyl groups is 2. The van der Waals surface area contributed by atoms with Crippen LogP contribution in [0.4, 0.5) is 0 Å². The molecule has 84 valence electrons. The zero-order valence-corrected chi connectivity index (χ0v) is 9.02. The molecular formula is C12H18O3. The Kier molecular flexibility index (Phi) is 2.85. The summed E-state index contributed by atoms with van der Waals surface area (Å²) in [6, 6.07) is 1.96. The summed E-state index contributed by atoms with van der Waals surface area (Å²) in [6.45, 7) is 2.18. The average molecular weight is 210 g/mol. The minimum absolute atomic E-state index is 0.127. The van der Waals surface area contributed by atoms with E-state index in [4.69, 9.17) is 9.52 Å². The third-order valence-corrected chi connectivity index (χ3v) is 3.88. The second-order valence-corrected chi connectivity index (χ2v) is 4.68. The molecule has 1 heterocycles. The maximum absolute atomic E-state index is 10.0. The van der Waals surface area contributed by atoms with Gasteiger partial charge < -0.3 is 14.6 Å². The number of hydrogen-bond donors (Lipinski definition) is 2. The molecule has 2 N–H and O–H groups in total. The summed E-state index contributed by atoms with van der Waals surface area (Å²) < 4.78 is 5.09. The Hall–Kier alpha value is -0.800. The molecule has 15 heavy (non-hydrogen) atoms. The highest BCUT2D eigenvalue weighted by atomic mass is 16.3. The molecule has 1 aromatic heterocycles. The van der Waals surface area contributed by atoms with Crippen molar-refractivity contribution in [3.63, 3.8) is 0 Å². The molecule has 0 aliphatic heterocycles. The molecule has 0 radical (unpaired) electrons. The molecule has 0 bridgehead atoms. The van der Waals surface area contributed by atoms with E-state index in [9.17, 15) is 5.11 Å². The minimum atomic E-state index is -0.315. The molecule has 3 atom stereocenters. The van der Waals surface area contributed by atoms with Crippen LogP contribution in [0.25, 0.3) is 0 Å². The van der Waals surface area contributed by atoms with E-state index >= 15 is 0 Å². The molecule has 0 aromatic carbocycles. The van der Waals surface area contributed by atoms with Gasteiger partial charge in [0.2, 0.25) is 0 Å². The summed E-state index contributed by atoms with van der Waals surface area (Å²) >= 11 is 0. The number of furan rings is 1. The van der Waals surface area contributed by atoms with E-state index in [1.807, 2.05) is 6.07 Å². The van der Waals surface area contributed by atoms with Crippen LogP contribution in [-0.4, -0.2) is 22.9 Å². The first-order valence-corrected chi connectivity index (χ1v) is 5.49. The van der Waals surface area contributed by atoms with E-state index in [0.29, 0.717) is 12.3 Å². The summed E-state index contributed by atoms with van der Waals surface area (Å²) in [6.07, 6.45) is 5.52. The third kappa shape index (κ3) is 1.70. The fourth-order valence-corrected chi connectivity index (χ4v) is 2.82. The molecule has 0 unspecified atom stereocenters. The van der Waals surface area contributed by atoms with Gasteiger partial charge >= 0.3 is 0 Å². The fourth-order valence-electron chi connectivity index (χ4n) is 2.82. The maximum Gasteiger partial charge on any atom is 0.0937 e. The van der Waals surface area contributed by atoms with Crippen LogP contribution in [-0.2, 0) is 0 Å². The summed E-state index contributed by atoms with van der Waals surface area (Å²) in [5.41, 5.74) is 0.932. The Labute approximate surface area is 89.7 Å². The van der Waals surface area contributed by atoms with Gasteiger partial charge in [-0.05, 0) is 36.8 Å². The van der Waals surface area contributed by atoms with Crippen molar-refractivity contribution in [1.29, 1.82) is 0 Å². The van der Waals surface area contributed by atoms with Gasteiger partial charge in [0, 0.05) is 12.0 Å². The molecule has 3 heteroatoms. The highest BCUT2D eigenvalue weighted by Crippen LogP contribution is 2.51. The van der Waals surface area contributed by atoms with Crippen molar-refractivity contribution in [3.05, 3.63) is 24.2 Å². The molecule has 1 aromatic rings. The number of aliphatic hydroxyl groups excluding tert-OH is 2. The lowest BCUT2D eigenvalue weighted by Crippen LogP contribution is -2.32. The molecule has 1 saturated carbocycles. The average Bonchev–Trinajstić information content (AvgIpc) is 2.78. The zero-order chi connectivity index (χ0) is 10.9. The van der Waals surface area contributed by atoms with Crippen LogP contribution in [0.2, 0.25) is 0 Å². The summed E-state index contributed by atoms with van der Waals surface area (Å²) in [5.74, 6) is 0.304. The van der Waals surface area contributed by atoms with E-state index in [2.05, 4.69) is 6.92 Å². The molecule has 0 saturated heterocycles. The molecular weight excluding hydrogens is 192 g/mol. The third-order valence-electron chi connectivity index (χ3n) is 3.88. The number of hydrogen-bond acceptors (Lipinski definition) is 3. The van der Waals surface area contributed by atoms with Crippen molar-refractivity contribution in [2.75, 3.05) is 6.61 Å². The molecule has 1 aliphatic rings. The first-order chi connectivity index (χ1) is 7.18. The Morgan fingerprint density at radius 1 is 1.53 bits per heavy atom. The van der Waals surface area contributed by atoms with E-state index in [1.165, 1.54) is 0 Å². The molecule has 0 amide bonds. The van der Waals surface area contributed by atoms with Gasteiger partial charge in [-0.25, -0.2) is 0 Å². The number of rotatable bonds is 3. The van der Waals surface area contributed by atoms with Crippen LogP contribution in [0.15, 0.2) is 23.0 Å². The summed E-state index contributed by atoms with van der Waals surface area (Å²) in [7, 11) is 0. The highest BCUT2D eigenvalue weighted by molar-refractivity contribution is 5.20. The van der Waals surface area contributed by atoms with Crippen LogP contribution in [0.1, 0.15) is 37.7 Å². The van der Waals surface area contributed by atoms with E-state index < -0.39 is 0 Å². The van der Waals surface area contributed by atoms with Crippen LogP contribution >= 0.6 is 0 Å². The van der Waals surface area contributed by atoms with Gasteiger partial charge in [0.05, 0.1) is 18.6 Å². The highest BCUT2D eigenvalue weighted by Gasteiger charge is 2.46. The van der Waals surface area contributed by atoms with Crippen molar-refractivity contribution in [3.8, 4) is 0 Å². The van der Waals surface area contributed by atoms with Crippen molar-refractivity contribution in [1.82, 2.24) is 0 Å². The maximum atomic E-state index is 10.0. The normalized spacial score (nSPS) is 35.9. The van der Waals surface area contributed by atoms with Crippen molar-refractivity contribution in [2.24, 2.45) is 5.41 Å². The van der Waals surface area contributed by atoms with Gasteiger partial charge in [0.15, 0.2) is 0 Å². The SMILES string of the molecule is C[C@@]1(CCO)[C@@H](c2ccoc2)CC[C@@H]1O. The van der Waals surface area contributed by atoms with Gasteiger partial charge in [0.25, 0.3) is 0 Å². The van der Waals surface area contributed by atoms with Crippen LogP contribution < -0.4 is 0 Å². The second-order valence-electron chi connectivity index (χ2n) is 4.68. The minimum Gasteiger partial charge on any atom is -0.472 e. The van der Waals surface area contributed by atoms with Crippen molar-refractivity contribution < 1.29 is 14.6 Å². The van der Waals surface area contributed by atoms with Gasteiger partial charge in [-0.3, -0.25) is 0 Å². The van der Waals surface area contributed by atoms with Gasteiger partial charge in [-0.15, -0.1) is 0 Å².